The predicted octanol–water partition coefficient (Wildman–Crippen LogP) is 5.49. The minimum absolute atomic E-state index is 0. The van der Waals surface area contributed by atoms with E-state index in [-0.39, 0.29) is 14.9 Å². The first-order chi connectivity index (χ1) is 9.22. The monoisotopic (exact) mass is 294 g/mol. The lowest BCUT2D eigenvalue weighted by Gasteiger charge is -2.22. The van der Waals surface area contributed by atoms with Crippen molar-refractivity contribution in [2.24, 2.45) is 0 Å². The van der Waals surface area contributed by atoms with Crippen LogP contribution < -0.4 is 4.74 Å². The fraction of sp³-hybridized carbons (Fsp3) is 0.611. The van der Waals surface area contributed by atoms with E-state index in [1.165, 1.54) is 32.1 Å². The van der Waals surface area contributed by atoms with E-state index >= 15 is 0 Å². The van der Waals surface area contributed by atoms with Gasteiger partial charge in [-0.05, 0) is 42.5 Å². The fourth-order valence-corrected chi connectivity index (χ4v) is 2.95. The normalized spacial score (nSPS) is 15.9. The Kier molecular flexibility index (Phi) is 8.75. The van der Waals surface area contributed by atoms with Crippen molar-refractivity contribution in [3.8, 4) is 5.75 Å². The summed E-state index contributed by atoms with van der Waals surface area (Å²) in [6, 6.07) is 5.21. The maximum atomic E-state index is 11.1. The molecule has 3 heteroatoms. The first-order valence-corrected chi connectivity index (χ1v) is 7.13. The quantitative estimate of drug-likeness (QED) is 0.801. The van der Waals surface area contributed by atoms with Gasteiger partial charge in [-0.3, -0.25) is 0 Å². The molecule has 1 saturated carbocycles. The Hall–Kier alpha value is -1.51. The second kappa shape index (κ2) is 9.43. The van der Waals surface area contributed by atoms with Crippen molar-refractivity contribution in [1.82, 2.24) is 0 Å². The maximum absolute atomic E-state index is 11.1. The van der Waals surface area contributed by atoms with Crippen molar-refractivity contribution in [3.63, 3.8) is 0 Å². The van der Waals surface area contributed by atoms with E-state index in [2.05, 4.69) is 0 Å². The van der Waals surface area contributed by atoms with E-state index in [4.69, 9.17) is 9.84 Å². The molecule has 0 spiro atoms. The third kappa shape index (κ3) is 5.07. The van der Waals surface area contributed by atoms with E-state index in [1.807, 2.05) is 0 Å². The zero-order valence-corrected chi connectivity index (χ0v) is 11.5. The summed E-state index contributed by atoms with van der Waals surface area (Å²) < 4.78 is 5.41. The highest BCUT2D eigenvalue weighted by Crippen LogP contribution is 2.36. The van der Waals surface area contributed by atoms with E-state index in [9.17, 15) is 4.79 Å². The van der Waals surface area contributed by atoms with Crippen molar-refractivity contribution in [2.75, 3.05) is 7.11 Å². The van der Waals surface area contributed by atoms with Crippen molar-refractivity contribution in [2.45, 2.75) is 65.7 Å². The summed E-state index contributed by atoms with van der Waals surface area (Å²) in [5.74, 6) is 0.403. The lowest BCUT2D eigenvalue weighted by Crippen LogP contribution is -2.06. The Labute approximate surface area is 129 Å². The first-order valence-electron chi connectivity index (χ1n) is 7.13. The highest BCUT2D eigenvalue weighted by molar-refractivity contribution is 5.88. The molecule has 1 fully saturated rings. The molecule has 1 aromatic rings. The van der Waals surface area contributed by atoms with Crippen molar-refractivity contribution >= 4 is 5.97 Å². The van der Waals surface area contributed by atoms with Crippen LogP contribution in [0, 0.1) is 0 Å². The fourth-order valence-electron chi connectivity index (χ4n) is 2.95. The van der Waals surface area contributed by atoms with Crippen LogP contribution in [0.5, 0.6) is 5.75 Å². The highest BCUT2D eigenvalue weighted by atomic mass is 16.5. The van der Waals surface area contributed by atoms with Crippen LogP contribution in [0.4, 0.5) is 0 Å². The Balaban J connectivity index is 0.00000200. The number of ether oxygens (including phenoxy) is 1. The molecular weight excluding hydrogens is 264 g/mol. The van der Waals surface area contributed by atoms with Gasteiger partial charge in [-0.25, -0.2) is 4.79 Å². The molecule has 0 saturated heterocycles. The molecular formula is C18H30O3. The first kappa shape index (κ1) is 19.5. The second-order valence-corrected chi connectivity index (χ2v) is 5.30. The predicted molar refractivity (Wildman–Crippen MR) is 88.5 cm³/mol. The van der Waals surface area contributed by atoms with Gasteiger partial charge < -0.3 is 9.84 Å². The largest absolute Gasteiger partial charge is 0.496 e. The number of carbonyl (C=O) groups is 1. The topological polar surface area (TPSA) is 46.5 Å². The average molecular weight is 294 g/mol. The number of aromatic carboxylic acids is 1. The number of rotatable bonds is 3. The van der Waals surface area contributed by atoms with E-state index in [0.717, 1.165) is 24.2 Å². The summed E-state index contributed by atoms with van der Waals surface area (Å²) in [6.45, 7) is 0. The second-order valence-electron chi connectivity index (χ2n) is 5.30. The van der Waals surface area contributed by atoms with Crippen LogP contribution >= 0.6 is 0 Å². The number of carboxylic acid groups (broad SMARTS) is 1. The minimum Gasteiger partial charge on any atom is -0.496 e. The summed E-state index contributed by atoms with van der Waals surface area (Å²) in [5, 5.41) is 9.13. The molecule has 0 radical (unpaired) electrons. The van der Waals surface area contributed by atoms with Crippen LogP contribution in [0.25, 0.3) is 0 Å². The van der Waals surface area contributed by atoms with Gasteiger partial charge in [-0.15, -0.1) is 0 Å². The highest BCUT2D eigenvalue weighted by Gasteiger charge is 2.19. The summed E-state index contributed by atoms with van der Waals surface area (Å²) in [4.78, 5) is 11.1. The van der Waals surface area contributed by atoms with Gasteiger partial charge in [-0.1, -0.05) is 47.0 Å². The Morgan fingerprint density at radius 1 is 1.10 bits per heavy atom. The molecule has 1 N–H and O–H groups in total. The summed E-state index contributed by atoms with van der Waals surface area (Å²) in [5.41, 5.74) is 1.43. The Bertz CT molecular complexity index is 432. The Morgan fingerprint density at radius 3 is 2.19 bits per heavy atom. The third-order valence-corrected chi connectivity index (χ3v) is 4.02. The molecule has 2 rings (SSSR count). The smallest absolute Gasteiger partial charge is 0.335 e. The zero-order valence-electron chi connectivity index (χ0n) is 11.5. The van der Waals surface area contributed by atoms with Gasteiger partial charge in [0.2, 0.25) is 0 Å². The molecule has 0 bridgehead atoms. The van der Waals surface area contributed by atoms with Crippen molar-refractivity contribution < 1.29 is 14.6 Å². The van der Waals surface area contributed by atoms with Crippen LogP contribution in [0.1, 0.15) is 81.6 Å². The number of methoxy groups -OCH3 is 1. The summed E-state index contributed by atoms with van der Waals surface area (Å²) in [7, 11) is 1.65. The molecule has 120 valence electrons. The van der Waals surface area contributed by atoms with Gasteiger partial charge in [0.25, 0.3) is 0 Å². The molecule has 0 aromatic heterocycles. The van der Waals surface area contributed by atoms with Gasteiger partial charge in [0.1, 0.15) is 5.75 Å². The third-order valence-electron chi connectivity index (χ3n) is 4.02. The van der Waals surface area contributed by atoms with Crippen molar-refractivity contribution in [3.05, 3.63) is 29.3 Å². The van der Waals surface area contributed by atoms with Gasteiger partial charge in [0.05, 0.1) is 12.7 Å². The molecule has 1 aromatic carbocycles. The molecule has 0 heterocycles. The standard InChI is InChI=1S/C16H22O3.2CH4/c1-19-15-10-9-13(16(17)18)11-14(15)12-7-5-3-2-4-6-8-12;;/h9-12H,2-8H2,1H3,(H,17,18);2*1H4. The van der Waals surface area contributed by atoms with E-state index in [1.54, 1.807) is 25.3 Å². The molecule has 0 aliphatic heterocycles. The van der Waals surface area contributed by atoms with Crippen LogP contribution in [0.3, 0.4) is 0 Å². The SMILES string of the molecule is C.C.COc1ccc(C(=O)O)cc1C1CCCCCCC1. The summed E-state index contributed by atoms with van der Waals surface area (Å²) >= 11 is 0. The average Bonchev–Trinajstić information content (AvgIpc) is 2.37. The molecule has 0 atom stereocenters. The molecule has 1 aliphatic carbocycles. The number of carboxylic acids is 1. The lowest BCUT2D eigenvalue weighted by molar-refractivity contribution is 0.0696. The van der Waals surface area contributed by atoms with Gasteiger partial charge >= 0.3 is 5.97 Å². The van der Waals surface area contributed by atoms with Gasteiger partial charge in [0, 0.05) is 0 Å². The number of benzene rings is 1. The van der Waals surface area contributed by atoms with E-state index < -0.39 is 5.97 Å². The molecule has 21 heavy (non-hydrogen) atoms. The number of hydrogen-bond donors (Lipinski definition) is 1. The van der Waals surface area contributed by atoms with Gasteiger partial charge in [0.15, 0.2) is 0 Å². The lowest BCUT2D eigenvalue weighted by atomic mass is 9.85. The Morgan fingerprint density at radius 2 is 1.67 bits per heavy atom. The number of hydrogen-bond acceptors (Lipinski definition) is 2. The van der Waals surface area contributed by atoms with Crippen LogP contribution in [0.2, 0.25) is 0 Å². The maximum Gasteiger partial charge on any atom is 0.335 e. The molecule has 3 nitrogen and oxygen atoms in total. The van der Waals surface area contributed by atoms with Crippen LogP contribution in [-0.4, -0.2) is 18.2 Å². The summed E-state index contributed by atoms with van der Waals surface area (Å²) in [6.07, 6.45) is 8.64. The zero-order chi connectivity index (χ0) is 13.7. The van der Waals surface area contributed by atoms with Crippen LogP contribution in [0.15, 0.2) is 18.2 Å². The van der Waals surface area contributed by atoms with E-state index in [0.29, 0.717) is 11.5 Å². The minimum atomic E-state index is -0.866. The molecule has 1 aliphatic rings. The van der Waals surface area contributed by atoms with Gasteiger partial charge in [-0.2, -0.15) is 0 Å². The van der Waals surface area contributed by atoms with Crippen LogP contribution in [-0.2, 0) is 0 Å². The van der Waals surface area contributed by atoms with Crippen molar-refractivity contribution in [1.29, 1.82) is 0 Å². The molecule has 0 unspecified atom stereocenters. The molecule has 0 amide bonds.